The quantitative estimate of drug-likeness (QED) is 0.733. The van der Waals surface area contributed by atoms with Crippen LogP contribution in [0.15, 0.2) is 18.3 Å². The lowest BCUT2D eigenvalue weighted by Gasteiger charge is -2.23. The Kier molecular flexibility index (Phi) is 6.61. The normalized spacial score (nSPS) is 17.5. The molecule has 0 radical (unpaired) electrons. The SMILES string of the molecule is CNC(=O)c1cccnc1NCC(O)CN1CCCCCC1. The molecule has 6 nitrogen and oxygen atoms in total. The smallest absolute Gasteiger partial charge is 0.254 e. The van der Waals surface area contributed by atoms with Crippen LogP contribution in [0.4, 0.5) is 5.82 Å². The maximum Gasteiger partial charge on any atom is 0.254 e. The molecule has 0 aromatic carbocycles. The van der Waals surface area contributed by atoms with Gasteiger partial charge in [-0.1, -0.05) is 12.8 Å². The fourth-order valence-electron chi connectivity index (χ4n) is 2.76. The number of anilines is 1. The van der Waals surface area contributed by atoms with Gasteiger partial charge >= 0.3 is 0 Å². The first-order valence-electron chi connectivity index (χ1n) is 8.02. The number of hydrogen-bond acceptors (Lipinski definition) is 5. The summed E-state index contributed by atoms with van der Waals surface area (Å²) >= 11 is 0. The molecule has 1 aliphatic heterocycles. The van der Waals surface area contributed by atoms with Gasteiger partial charge in [0.1, 0.15) is 5.82 Å². The standard InChI is InChI=1S/C16H26N4O2/c1-17-16(22)14-7-6-8-18-15(14)19-11-13(21)12-20-9-4-2-3-5-10-20/h6-8,13,21H,2-5,9-12H2,1H3,(H,17,22)(H,18,19). The van der Waals surface area contributed by atoms with Crippen molar-refractivity contribution >= 4 is 11.7 Å². The average Bonchev–Trinajstić information content (AvgIpc) is 2.81. The Morgan fingerprint density at radius 2 is 2.09 bits per heavy atom. The molecule has 1 fully saturated rings. The Labute approximate surface area is 131 Å². The number of rotatable bonds is 6. The van der Waals surface area contributed by atoms with E-state index < -0.39 is 6.10 Å². The van der Waals surface area contributed by atoms with Crippen LogP contribution in [0.25, 0.3) is 0 Å². The van der Waals surface area contributed by atoms with Gasteiger partial charge in [0.2, 0.25) is 0 Å². The zero-order valence-electron chi connectivity index (χ0n) is 13.2. The van der Waals surface area contributed by atoms with Gasteiger partial charge < -0.3 is 20.6 Å². The third-order valence-corrected chi connectivity index (χ3v) is 3.95. The molecule has 1 aliphatic rings. The number of likely N-dealkylation sites (tertiary alicyclic amines) is 1. The van der Waals surface area contributed by atoms with Crippen LogP contribution in [-0.4, -0.2) is 60.2 Å². The Morgan fingerprint density at radius 3 is 2.77 bits per heavy atom. The molecule has 2 rings (SSSR count). The summed E-state index contributed by atoms with van der Waals surface area (Å²) in [5.41, 5.74) is 0.493. The summed E-state index contributed by atoms with van der Waals surface area (Å²) in [5.74, 6) is 0.328. The van der Waals surface area contributed by atoms with Crippen LogP contribution < -0.4 is 10.6 Å². The lowest BCUT2D eigenvalue weighted by atomic mass is 10.2. The highest BCUT2D eigenvalue weighted by molar-refractivity contribution is 5.98. The van der Waals surface area contributed by atoms with Gasteiger partial charge in [0.25, 0.3) is 5.91 Å². The molecule has 0 aliphatic carbocycles. The zero-order chi connectivity index (χ0) is 15.8. The van der Waals surface area contributed by atoms with Crippen molar-refractivity contribution in [1.29, 1.82) is 0 Å². The predicted molar refractivity (Wildman–Crippen MR) is 87.0 cm³/mol. The summed E-state index contributed by atoms with van der Waals surface area (Å²) in [7, 11) is 1.59. The van der Waals surface area contributed by atoms with E-state index in [1.54, 1.807) is 25.4 Å². The summed E-state index contributed by atoms with van der Waals surface area (Å²) in [4.78, 5) is 18.3. The highest BCUT2D eigenvalue weighted by Gasteiger charge is 2.15. The van der Waals surface area contributed by atoms with E-state index >= 15 is 0 Å². The molecule has 122 valence electrons. The predicted octanol–water partition coefficient (Wildman–Crippen LogP) is 1.09. The molecule has 1 aromatic heterocycles. The van der Waals surface area contributed by atoms with E-state index in [1.165, 1.54) is 25.7 Å². The van der Waals surface area contributed by atoms with Crippen LogP contribution >= 0.6 is 0 Å². The summed E-state index contributed by atoms with van der Waals surface area (Å²) in [6.45, 7) is 3.17. The fourth-order valence-corrected chi connectivity index (χ4v) is 2.76. The topological polar surface area (TPSA) is 77.5 Å². The van der Waals surface area contributed by atoms with Gasteiger partial charge in [0.05, 0.1) is 11.7 Å². The first-order chi connectivity index (χ1) is 10.7. The van der Waals surface area contributed by atoms with Crippen LogP contribution in [0.1, 0.15) is 36.0 Å². The molecule has 1 saturated heterocycles. The van der Waals surface area contributed by atoms with Crippen molar-refractivity contribution in [2.24, 2.45) is 0 Å². The van der Waals surface area contributed by atoms with Gasteiger partial charge in [-0.25, -0.2) is 4.98 Å². The van der Waals surface area contributed by atoms with Crippen molar-refractivity contribution in [1.82, 2.24) is 15.2 Å². The largest absolute Gasteiger partial charge is 0.390 e. The van der Waals surface area contributed by atoms with Gasteiger partial charge in [0.15, 0.2) is 0 Å². The lowest BCUT2D eigenvalue weighted by molar-refractivity contribution is 0.0963. The minimum Gasteiger partial charge on any atom is -0.390 e. The first-order valence-corrected chi connectivity index (χ1v) is 8.02. The van der Waals surface area contributed by atoms with Gasteiger partial charge in [-0.3, -0.25) is 4.79 Å². The van der Waals surface area contributed by atoms with Gasteiger partial charge in [0, 0.05) is 26.3 Å². The Hall–Kier alpha value is -1.66. The number of aromatic nitrogens is 1. The zero-order valence-corrected chi connectivity index (χ0v) is 13.2. The molecule has 1 amide bonds. The molecule has 3 N–H and O–H groups in total. The fraction of sp³-hybridized carbons (Fsp3) is 0.625. The van der Waals surface area contributed by atoms with Crippen LogP contribution in [0.3, 0.4) is 0 Å². The van der Waals surface area contributed by atoms with E-state index in [9.17, 15) is 9.90 Å². The highest BCUT2D eigenvalue weighted by Crippen LogP contribution is 2.12. The second-order valence-corrected chi connectivity index (χ2v) is 5.73. The Morgan fingerprint density at radius 1 is 1.36 bits per heavy atom. The van der Waals surface area contributed by atoms with Crippen molar-refractivity contribution in [2.45, 2.75) is 31.8 Å². The van der Waals surface area contributed by atoms with Gasteiger partial charge in [-0.05, 0) is 38.1 Å². The maximum atomic E-state index is 11.8. The number of aliphatic hydroxyl groups excluding tert-OH is 1. The molecule has 22 heavy (non-hydrogen) atoms. The van der Waals surface area contributed by atoms with Gasteiger partial charge in [-0.2, -0.15) is 0 Å². The Balaban J connectivity index is 1.85. The van der Waals surface area contributed by atoms with E-state index in [-0.39, 0.29) is 5.91 Å². The van der Waals surface area contributed by atoms with E-state index in [0.717, 1.165) is 13.1 Å². The number of hydrogen-bond donors (Lipinski definition) is 3. The number of carbonyl (C=O) groups excluding carboxylic acids is 1. The molecule has 2 heterocycles. The third-order valence-electron chi connectivity index (χ3n) is 3.95. The minimum absolute atomic E-state index is 0.183. The molecule has 1 aromatic rings. The first kappa shape index (κ1) is 16.7. The van der Waals surface area contributed by atoms with Crippen molar-refractivity contribution in [2.75, 3.05) is 38.5 Å². The van der Waals surface area contributed by atoms with Crippen LogP contribution in [0, 0.1) is 0 Å². The average molecular weight is 306 g/mol. The maximum absolute atomic E-state index is 11.8. The summed E-state index contributed by atoms with van der Waals surface area (Å²) in [6.07, 6.45) is 6.15. The van der Waals surface area contributed by atoms with Crippen molar-refractivity contribution < 1.29 is 9.90 Å². The summed E-state index contributed by atoms with van der Waals surface area (Å²) in [6, 6.07) is 3.44. The molecule has 0 spiro atoms. The van der Waals surface area contributed by atoms with E-state index in [2.05, 4.69) is 20.5 Å². The molecule has 1 atom stereocenters. The van der Waals surface area contributed by atoms with E-state index in [1.807, 2.05) is 0 Å². The second kappa shape index (κ2) is 8.70. The second-order valence-electron chi connectivity index (χ2n) is 5.73. The number of aliphatic hydroxyl groups is 1. The number of nitrogens with zero attached hydrogens (tertiary/aromatic N) is 2. The van der Waals surface area contributed by atoms with Crippen molar-refractivity contribution in [3.63, 3.8) is 0 Å². The van der Waals surface area contributed by atoms with Crippen LogP contribution in [0.2, 0.25) is 0 Å². The van der Waals surface area contributed by atoms with E-state index in [4.69, 9.17) is 0 Å². The van der Waals surface area contributed by atoms with Crippen LogP contribution in [-0.2, 0) is 0 Å². The lowest BCUT2D eigenvalue weighted by Crippen LogP contribution is -2.37. The molecular weight excluding hydrogens is 280 g/mol. The minimum atomic E-state index is -0.474. The summed E-state index contributed by atoms with van der Waals surface area (Å²) in [5, 5.41) is 15.9. The monoisotopic (exact) mass is 306 g/mol. The Bertz CT molecular complexity index is 473. The molecule has 6 heteroatoms. The van der Waals surface area contributed by atoms with E-state index in [0.29, 0.717) is 24.5 Å². The summed E-state index contributed by atoms with van der Waals surface area (Å²) < 4.78 is 0. The number of β-amino-alcohol motifs (C(OH)–C–C–N with tert-alkyl or cyclic N) is 1. The van der Waals surface area contributed by atoms with Crippen molar-refractivity contribution in [3.8, 4) is 0 Å². The highest BCUT2D eigenvalue weighted by atomic mass is 16.3. The number of carbonyl (C=O) groups is 1. The molecule has 0 bridgehead atoms. The number of amides is 1. The third kappa shape index (κ3) is 4.96. The molecule has 1 unspecified atom stereocenters. The number of pyridine rings is 1. The van der Waals surface area contributed by atoms with Gasteiger partial charge in [-0.15, -0.1) is 0 Å². The number of nitrogens with one attached hydrogen (secondary N) is 2. The van der Waals surface area contributed by atoms with Crippen LogP contribution in [0.5, 0.6) is 0 Å². The molecular formula is C16H26N4O2. The van der Waals surface area contributed by atoms with Crippen molar-refractivity contribution in [3.05, 3.63) is 23.9 Å². The molecule has 0 saturated carbocycles.